The van der Waals surface area contributed by atoms with E-state index in [1.54, 1.807) is 30.6 Å². The average molecular weight is 329 g/mol. The SMILES string of the molecule is CC(NC(=O)c1cc(Cl)cc(Br)c1)c1ncc[nH]1. The Bertz CT molecular complexity index is 536. The highest BCUT2D eigenvalue weighted by molar-refractivity contribution is 9.10. The number of aromatic amines is 1. The molecular formula is C12H11BrClN3O. The number of hydrogen-bond acceptors (Lipinski definition) is 2. The Morgan fingerprint density at radius 3 is 2.89 bits per heavy atom. The van der Waals surface area contributed by atoms with Gasteiger partial charge in [-0.1, -0.05) is 27.5 Å². The van der Waals surface area contributed by atoms with Crippen molar-refractivity contribution < 1.29 is 4.79 Å². The topological polar surface area (TPSA) is 57.8 Å². The number of halogens is 2. The van der Waals surface area contributed by atoms with Crippen LogP contribution in [0.2, 0.25) is 5.02 Å². The van der Waals surface area contributed by atoms with Gasteiger partial charge in [0.25, 0.3) is 5.91 Å². The van der Waals surface area contributed by atoms with Gasteiger partial charge in [0.1, 0.15) is 5.82 Å². The van der Waals surface area contributed by atoms with Crippen molar-refractivity contribution in [3.63, 3.8) is 0 Å². The minimum Gasteiger partial charge on any atom is -0.347 e. The van der Waals surface area contributed by atoms with Crippen molar-refractivity contribution in [1.29, 1.82) is 0 Å². The summed E-state index contributed by atoms with van der Waals surface area (Å²) in [5.41, 5.74) is 0.507. The van der Waals surface area contributed by atoms with Crippen LogP contribution >= 0.6 is 27.5 Å². The standard InChI is InChI=1S/C12H11BrClN3O/c1-7(11-15-2-3-16-11)17-12(18)8-4-9(13)6-10(14)5-8/h2-7H,1H3,(H,15,16)(H,17,18). The fraction of sp³-hybridized carbons (Fsp3) is 0.167. The number of carbonyl (C=O) groups is 1. The van der Waals surface area contributed by atoms with Gasteiger partial charge in [-0.3, -0.25) is 4.79 Å². The van der Waals surface area contributed by atoms with E-state index in [0.717, 1.165) is 4.47 Å². The fourth-order valence-electron chi connectivity index (χ4n) is 1.55. The van der Waals surface area contributed by atoms with E-state index < -0.39 is 0 Å². The zero-order valence-corrected chi connectivity index (χ0v) is 11.9. The van der Waals surface area contributed by atoms with Crippen molar-refractivity contribution in [3.8, 4) is 0 Å². The molecule has 1 unspecified atom stereocenters. The quantitative estimate of drug-likeness (QED) is 0.908. The monoisotopic (exact) mass is 327 g/mol. The van der Waals surface area contributed by atoms with Crippen molar-refractivity contribution in [1.82, 2.24) is 15.3 Å². The first-order chi connectivity index (χ1) is 8.56. The first kappa shape index (κ1) is 13.1. The van der Waals surface area contributed by atoms with Gasteiger partial charge >= 0.3 is 0 Å². The summed E-state index contributed by atoms with van der Waals surface area (Å²) in [4.78, 5) is 19.1. The number of imidazole rings is 1. The molecule has 6 heteroatoms. The van der Waals surface area contributed by atoms with Crippen LogP contribution < -0.4 is 5.32 Å². The van der Waals surface area contributed by atoms with Crippen molar-refractivity contribution >= 4 is 33.4 Å². The van der Waals surface area contributed by atoms with Gasteiger partial charge in [0, 0.05) is 27.5 Å². The number of nitrogens with one attached hydrogen (secondary N) is 2. The summed E-state index contributed by atoms with van der Waals surface area (Å²) < 4.78 is 0.769. The van der Waals surface area contributed by atoms with Gasteiger partial charge in [0.2, 0.25) is 0 Å². The summed E-state index contributed by atoms with van der Waals surface area (Å²) in [5, 5.41) is 3.35. The molecule has 1 aromatic carbocycles. The maximum Gasteiger partial charge on any atom is 0.251 e. The molecule has 4 nitrogen and oxygen atoms in total. The lowest BCUT2D eigenvalue weighted by Crippen LogP contribution is -2.27. The summed E-state index contributed by atoms with van der Waals surface area (Å²) in [6.45, 7) is 1.86. The van der Waals surface area contributed by atoms with E-state index in [1.807, 2.05) is 6.92 Å². The van der Waals surface area contributed by atoms with Gasteiger partial charge in [-0.2, -0.15) is 0 Å². The Morgan fingerprint density at radius 1 is 1.50 bits per heavy atom. The molecule has 0 spiro atoms. The maximum absolute atomic E-state index is 12.0. The number of nitrogens with zero attached hydrogens (tertiary/aromatic N) is 1. The minimum atomic E-state index is -0.192. The Balaban J connectivity index is 2.12. The predicted molar refractivity (Wildman–Crippen MR) is 73.6 cm³/mol. The lowest BCUT2D eigenvalue weighted by atomic mass is 10.2. The molecule has 18 heavy (non-hydrogen) atoms. The highest BCUT2D eigenvalue weighted by Gasteiger charge is 2.13. The third-order valence-corrected chi connectivity index (χ3v) is 3.08. The first-order valence-electron chi connectivity index (χ1n) is 5.32. The second-order valence-corrected chi connectivity index (χ2v) is 5.18. The van der Waals surface area contributed by atoms with Crippen LogP contribution in [0.4, 0.5) is 0 Å². The summed E-state index contributed by atoms with van der Waals surface area (Å²) >= 11 is 9.21. The summed E-state index contributed by atoms with van der Waals surface area (Å²) in [7, 11) is 0. The average Bonchev–Trinajstić information content (AvgIpc) is 2.80. The highest BCUT2D eigenvalue weighted by atomic mass is 79.9. The number of rotatable bonds is 3. The lowest BCUT2D eigenvalue weighted by molar-refractivity contribution is 0.0938. The zero-order chi connectivity index (χ0) is 13.1. The van der Waals surface area contributed by atoms with E-state index in [4.69, 9.17) is 11.6 Å². The molecule has 2 rings (SSSR count). The van der Waals surface area contributed by atoms with Gasteiger partial charge in [-0.05, 0) is 25.1 Å². The molecule has 0 aliphatic heterocycles. The van der Waals surface area contributed by atoms with Crippen LogP contribution in [0.5, 0.6) is 0 Å². The lowest BCUT2D eigenvalue weighted by Gasteiger charge is -2.11. The largest absolute Gasteiger partial charge is 0.347 e. The number of carbonyl (C=O) groups excluding carboxylic acids is 1. The molecule has 0 saturated heterocycles. The van der Waals surface area contributed by atoms with E-state index in [9.17, 15) is 4.79 Å². The molecule has 1 atom stereocenters. The van der Waals surface area contributed by atoms with Crippen LogP contribution in [0.1, 0.15) is 29.1 Å². The van der Waals surface area contributed by atoms with Crippen molar-refractivity contribution in [2.24, 2.45) is 0 Å². The molecule has 0 bridgehead atoms. The second kappa shape index (κ2) is 5.54. The summed E-state index contributed by atoms with van der Waals surface area (Å²) in [5.74, 6) is 0.520. The molecule has 0 radical (unpaired) electrons. The molecule has 94 valence electrons. The Morgan fingerprint density at radius 2 is 2.28 bits per heavy atom. The molecule has 0 saturated carbocycles. The number of hydrogen-bond donors (Lipinski definition) is 2. The van der Waals surface area contributed by atoms with E-state index in [1.165, 1.54) is 0 Å². The van der Waals surface area contributed by atoms with Crippen LogP contribution in [-0.4, -0.2) is 15.9 Å². The van der Waals surface area contributed by atoms with E-state index in [2.05, 4.69) is 31.2 Å². The molecule has 2 N–H and O–H groups in total. The molecule has 0 aliphatic carbocycles. The molecule has 2 aromatic rings. The van der Waals surface area contributed by atoms with Crippen LogP contribution in [0.25, 0.3) is 0 Å². The first-order valence-corrected chi connectivity index (χ1v) is 6.49. The minimum absolute atomic E-state index is 0.190. The molecule has 1 heterocycles. The van der Waals surface area contributed by atoms with Crippen LogP contribution in [0.15, 0.2) is 35.1 Å². The van der Waals surface area contributed by atoms with Crippen molar-refractivity contribution in [2.75, 3.05) is 0 Å². The van der Waals surface area contributed by atoms with Crippen molar-refractivity contribution in [2.45, 2.75) is 13.0 Å². The maximum atomic E-state index is 12.0. The molecule has 1 amide bonds. The third kappa shape index (κ3) is 3.11. The van der Waals surface area contributed by atoms with Crippen molar-refractivity contribution in [3.05, 3.63) is 51.5 Å². The summed E-state index contributed by atoms with van der Waals surface area (Å²) in [6, 6.07) is 4.88. The van der Waals surface area contributed by atoms with Crippen LogP contribution in [-0.2, 0) is 0 Å². The van der Waals surface area contributed by atoms with Crippen LogP contribution in [0.3, 0.4) is 0 Å². The fourth-order valence-corrected chi connectivity index (χ4v) is 2.41. The Labute approximate surface area is 118 Å². The van der Waals surface area contributed by atoms with E-state index in [0.29, 0.717) is 16.4 Å². The number of benzene rings is 1. The highest BCUT2D eigenvalue weighted by Crippen LogP contribution is 2.20. The van der Waals surface area contributed by atoms with Crippen LogP contribution in [0, 0.1) is 0 Å². The van der Waals surface area contributed by atoms with Gasteiger partial charge in [-0.25, -0.2) is 4.98 Å². The number of amides is 1. The van der Waals surface area contributed by atoms with E-state index in [-0.39, 0.29) is 11.9 Å². The second-order valence-electron chi connectivity index (χ2n) is 3.83. The third-order valence-electron chi connectivity index (χ3n) is 2.40. The van der Waals surface area contributed by atoms with Gasteiger partial charge in [-0.15, -0.1) is 0 Å². The van der Waals surface area contributed by atoms with Gasteiger partial charge < -0.3 is 10.3 Å². The van der Waals surface area contributed by atoms with Gasteiger partial charge in [0.05, 0.1) is 6.04 Å². The number of aromatic nitrogens is 2. The Kier molecular flexibility index (Phi) is 4.04. The van der Waals surface area contributed by atoms with E-state index >= 15 is 0 Å². The number of H-pyrrole nitrogens is 1. The molecule has 0 aliphatic rings. The molecule has 0 fully saturated rings. The Hall–Kier alpha value is -1.33. The predicted octanol–water partition coefficient (Wildman–Crippen LogP) is 3.32. The molecule has 1 aromatic heterocycles. The normalized spacial score (nSPS) is 12.2. The summed E-state index contributed by atoms with van der Waals surface area (Å²) in [6.07, 6.45) is 3.36. The zero-order valence-electron chi connectivity index (χ0n) is 9.58. The smallest absolute Gasteiger partial charge is 0.251 e. The molecular weight excluding hydrogens is 318 g/mol. The van der Waals surface area contributed by atoms with Gasteiger partial charge in [0.15, 0.2) is 0 Å².